The number of benzene rings is 2. The number of imidazole rings is 1. The van der Waals surface area contributed by atoms with E-state index < -0.39 is 6.04 Å². The molecule has 1 atom stereocenters. The van der Waals surface area contributed by atoms with E-state index in [0.717, 1.165) is 22.4 Å². The number of amides is 2. The molecule has 1 N–H and O–H groups in total. The molecule has 2 aromatic carbocycles. The normalized spacial score (nSPS) is 15.8. The lowest BCUT2D eigenvalue weighted by atomic mass is 10.1. The third kappa shape index (κ3) is 3.48. The van der Waals surface area contributed by atoms with Gasteiger partial charge in [0.1, 0.15) is 17.6 Å². The van der Waals surface area contributed by atoms with Gasteiger partial charge in [0.05, 0.1) is 24.1 Å². The summed E-state index contributed by atoms with van der Waals surface area (Å²) in [5.41, 5.74) is 3.51. The molecule has 1 aliphatic heterocycles. The van der Waals surface area contributed by atoms with Gasteiger partial charge in [-0.15, -0.1) is 0 Å². The molecule has 5 rings (SSSR count). The lowest BCUT2D eigenvalue weighted by molar-refractivity contribution is -0.127. The van der Waals surface area contributed by atoms with Crippen molar-refractivity contribution in [2.24, 2.45) is 7.05 Å². The summed E-state index contributed by atoms with van der Waals surface area (Å²) in [6, 6.07) is 20.7. The molecular formula is C24H23N5O2. The Hall–Kier alpha value is -3.87. The van der Waals surface area contributed by atoms with E-state index in [4.69, 9.17) is 0 Å². The fourth-order valence-corrected chi connectivity index (χ4v) is 4.17. The van der Waals surface area contributed by atoms with E-state index in [1.54, 1.807) is 11.0 Å². The molecule has 0 fully saturated rings. The lowest BCUT2D eigenvalue weighted by Crippen LogP contribution is -2.54. The largest absolute Gasteiger partial charge is 0.347 e. The van der Waals surface area contributed by atoms with Crippen molar-refractivity contribution in [3.8, 4) is 0 Å². The molecular weight excluding hydrogens is 390 g/mol. The molecule has 7 nitrogen and oxygen atoms in total. The summed E-state index contributed by atoms with van der Waals surface area (Å²) in [5.74, 6) is 0.451. The Morgan fingerprint density at radius 3 is 2.65 bits per heavy atom. The average molecular weight is 413 g/mol. The Balaban J connectivity index is 1.38. The summed E-state index contributed by atoms with van der Waals surface area (Å²) < 4.78 is 3.83. The summed E-state index contributed by atoms with van der Waals surface area (Å²) in [5, 5.41) is 3.00. The number of carbonyl (C=O) groups excluding carboxylic acids is 2. The Labute approximate surface area is 179 Å². The number of aromatic nitrogens is 3. The van der Waals surface area contributed by atoms with Crippen molar-refractivity contribution in [3.05, 3.63) is 90.0 Å². The van der Waals surface area contributed by atoms with Gasteiger partial charge in [-0.25, -0.2) is 4.98 Å². The van der Waals surface area contributed by atoms with E-state index in [-0.39, 0.29) is 11.8 Å². The van der Waals surface area contributed by atoms with Crippen molar-refractivity contribution in [1.29, 1.82) is 0 Å². The van der Waals surface area contributed by atoms with Crippen LogP contribution in [0.15, 0.2) is 72.9 Å². The maximum atomic E-state index is 13.2. The fraction of sp³-hybridized carbons (Fsp3) is 0.208. The first-order valence-electron chi connectivity index (χ1n) is 10.3. The zero-order valence-corrected chi connectivity index (χ0v) is 17.2. The highest BCUT2D eigenvalue weighted by Crippen LogP contribution is 2.21. The van der Waals surface area contributed by atoms with Gasteiger partial charge in [0.15, 0.2) is 0 Å². The van der Waals surface area contributed by atoms with Gasteiger partial charge < -0.3 is 19.4 Å². The number of aryl methyl sites for hydroxylation is 1. The topological polar surface area (TPSA) is 72.2 Å². The first-order chi connectivity index (χ1) is 15.1. The number of para-hydroxylation sites is 2. The molecule has 2 aromatic heterocycles. The molecule has 7 heteroatoms. The quantitative estimate of drug-likeness (QED) is 0.547. The van der Waals surface area contributed by atoms with Gasteiger partial charge in [0.25, 0.3) is 5.91 Å². The van der Waals surface area contributed by atoms with E-state index in [0.29, 0.717) is 25.3 Å². The van der Waals surface area contributed by atoms with Crippen molar-refractivity contribution in [2.75, 3.05) is 0 Å². The van der Waals surface area contributed by atoms with Gasteiger partial charge in [0.2, 0.25) is 5.91 Å². The Morgan fingerprint density at radius 2 is 1.84 bits per heavy atom. The molecule has 4 aromatic rings. The highest BCUT2D eigenvalue weighted by atomic mass is 16.2. The second-order valence-corrected chi connectivity index (χ2v) is 7.77. The fourth-order valence-electron chi connectivity index (χ4n) is 4.17. The predicted octanol–water partition coefficient (Wildman–Crippen LogP) is 2.72. The summed E-state index contributed by atoms with van der Waals surface area (Å²) in [6.07, 6.45) is 1.85. The number of carbonyl (C=O) groups is 2. The van der Waals surface area contributed by atoms with Crippen LogP contribution in [0, 0.1) is 0 Å². The van der Waals surface area contributed by atoms with Crippen molar-refractivity contribution in [2.45, 2.75) is 25.7 Å². The summed E-state index contributed by atoms with van der Waals surface area (Å²) in [6.45, 7) is 1.11. The van der Waals surface area contributed by atoms with Crippen LogP contribution in [-0.4, -0.2) is 36.9 Å². The molecule has 3 heterocycles. The van der Waals surface area contributed by atoms with Crippen LogP contribution in [0.3, 0.4) is 0 Å². The maximum Gasteiger partial charge on any atom is 0.271 e. The maximum absolute atomic E-state index is 13.2. The van der Waals surface area contributed by atoms with Crippen LogP contribution in [0.2, 0.25) is 0 Å². The van der Waals surface area contributed by atoms with Crippen molar-refractivity contribution in [1.82, 2.24) is 24.3 Å². The van der Waals surface area contributed by atoms with E-state index >= 15 is 0 Å². The lowest BCUT2D eigenvalue weighted by Gasteiger charge is -2.35. The van der Waals surface area contributed by atoms with Crippen molar-refractivity contribution in [3.63, 3.8) is 0 Å². The first kappa shape index (κ1) is 19.1. The Bertz CT molecular complexity index is 1260. The second kappa shape index (κ2) is 7.75. The minimum absolute atomic E-state index is 0.136. The molecule has 0 spiro atoms. The van der Waals surface area contributed by atoms with Gasteiger partial charge >= 0.3 is 0 Å². The molecule has 31 heavy (non-hydrogen) atoms. The number of nitrogens with zero attached hydrogens (tertiary/aromatic N) is 4. The number of hydrogen-bond donors (Lipinski definition) is 1. The van der Waals surface area contributed by atoms with E-state index in [2.05, 4.69) is 10.3 Å². The SMILES string of the molecule is Cn1c(CNC(=O)C2Cn3cccc3C(=O)N2Cc2ccccc2)nc2ccccc21. The summed E-state index contributed by atoms with van der Waals surface area (Å²) in [7, 11) is 1.94. The third-order valence-electron chi connectivity index (χ3n) is 5.85. The molecule has 1 unspecified atom stereocenters. The standard InChI is InChI=1S/C24H23N5O2/c1-27-19-11-6-5-10-18(19)26-22(27)14-25-23(30)21-16-28-13-7-12-20(28)24(31)29(21)15-17-8-3-2-4-9-17/h2-13,21H,14-16H2,1H3,(H,25,30). The first-order valence-corrected chi connectivity index (χ1v) is 10.3. The molecule has 0 aliphatic carbocycles. The molecule has 0 radical (unpaired) electrons. The molecule has 0 saturated carbocycles. The van der Waals surface area contributed by atoms with Crippen LogP contribution >= 0.6 is 0 Å². The number of fused-ring (bicyclic) bond motifs is 2. The van der Waals surface area contributed by atoms with Gasteiger partial charge in [-0.1, -0.05) is 42.5 Å². The molecule has 156 valence electrons. The minimum atomic E-state index is -0.595. The average Bonchev–Trinajstić information content (AvgIpc) is 3.39. The van der Waals surface area contributed by atoms with E-state index in [9.17, 15) is 9.59 Å². The summed E-state index contributed by atoms with van der Waals surface area (Å²) in [4.78, 5) is 32.7. The van der Waals surface area contributed by atoms with E-state index in [1.807, 2.05) is 83.0 Å². The Morgan fingerprint density at radius 1 is 1.06 bits per heavy atom. The van der Waals surface area contributed by atoms with Crippen LogP contribution in [0.1, 0.15) is 21.9 Å². The molecule has 1 aliphatic rings. The van der Waals surface area contributed by atoms with Crippen LogP contribution in [-0.2, 0) is 31.5 Å². The van der Waals surface area contributed by atoms with Crippen LogP contribution in [0.4, 0.5) is 0 Å². The third-order valence-corrected chi connectivity index (χ3v) is 5.85. The molecule has 2 amide bonds. The number of rotatable bonds is 5. The Kier molecular flexibility index (Phi) is 4.78. The monoisotopic (exact) mass is 413 g/mol. The van der Waals surface area contributed by atoms with Crippen molar-refractivity contribution >= 4 is 22.8 Å². The zero-order chi connectivity index (χ0) is 21.4. The smallest absolute Gasteiger partial charge is 0.271 e. The van der Waals surface area contributed by atoms with Gasteiger partial charge in [-0.05, 0) is 29.8 Å². The zero-order valence-electron chi connectivity index (χ0n) is 17.2. The summed E-state index contributed by atoms with van der Waals surface area (Å²) >= 11 is 0. The van der Waals surface area contributed by atoms with Crippen molar-refractivity contribution < 1.29 is 9.59 Å². The highest BCUT2D eigenvalue weighted by molar-refractivity contribution is 5.97. The van der Waals surface area contributed by atoms with Gasteiger partial charge in [-0.3, -0.25) is 9.59 Å². The molecule has 0 saturated heterocycles. The van der Waals surface area contributed by atoms with Crippen LogP contribution < -0.4 is 5.32 Å². The number of hydrogen-bond acceptors (Lipinski definition) is 3. The molecule has 0 bridgehead atoms. The number of nitrogens with one attached hydrogen (secondary N) is 1. The van der Waals surface area contributed by atoms with Gasteiger partial charge in [0, 0.05) is 19.8 Å². The van der Waals surface area contributed by atoms with Crippen LogP contribution in [0.5, 0.6) is 0 Å². The second-order valence-electron chi connectivity index (χ2n) is 7.77. The minimum Gasteiger partial charge on any atom is -0.347 e. The van der Waals surface area contributed by atoms with E-state index in [1.165, 1.54) is 0 Å². The highest BCUT2D eigenvalue weighted by Gasteiger charge is 2.36. The van der Waals surface area contributed by atoms with Crippen LogP contribution in [0.25, 0.3) is 11.0 Å². The predicted molar refractivity (Wildman–Crippen MR) is 117 cm³/mol. The van der Waals surface area contributed by atoms with Gasteiger partial charge in [-0.2, -0.15) is 0 Å².